The van der Waals surface area contributed by atoms with E-state index in [4.69, 9.17) is 5.11 Å². The summed E-state index contributed by atoms with van der Waals surface area (Å²) < 4.78 is 1.19. The SMILES string of the molecule is CCc1ccc2[nH]c(=O)n3nc(CO)nc3c2c1. The monoisotopic (exact) mass is 244 g/mol. The summed E-state index contributed by atoms with van der Waals surface area (Å²) in [6, 6.07) is 5.82. The van der Waals surface area contributed by atoms with Gasteiger partial charge < -0.3 is 10.1 Å². The predicted molar refractivity (Wildman–Crippen MR) is 66.4 cm³/mol. The quantitative estimate of drug-likeness (QED) is 0.692. The summed E-state index contributed by atoms with van der Waals surface area (Å²) >= 11 is 0. The maximum absolute atomic E-state index is 11.8. The van der Waals surface area contributed by atoms with E-state index >= 15 is 0 Å². The van der Waals surface area contributed by atoms with Crippen LogP contribution >= 0.6 is 0 Å². The number of H-pyrrole nitrogens is 1. The molecular weight excluding hydrogens is 232 g/mol. The first-order valence-corrected chi connectivity index (χ1v) is 5.74. The molecule has 0 saturated carbocycles. The maximum atomic E-state index is 11.8. The molecule has 0 saturated heterocycles. The van der Waals surface area contributed by atoms with Crippen LogP contribution in [-0.4, -0.2) is 24.7 Å². The number of hydrogen-bond acceptors (Lipinski definition) is 4. The summed E-state index contributed by atoms with van der Waals surface area (Å²) in [5.41, 5.74) is 2.01. The highest BCUT2D eigenvalue weighted by Gasteiger charge is 2.10. The minimum Gasteiger partial charge on any atom is -0.388 e. The molecule has 0 spiro atoms. The highest BCUT2D eigenvalue weighted by atomic mass is 16.3. The molecule has 6 nitrogen and oxygen atoms in total. The van der Waals surface area contributed by atoms with Gasteiger partial charge in [0.2, 0.25) is 0 Å². The van der Waals surface area contributed by atoms with Crippen LogP contribution in [0.2, 0.25) is 0 Å². The molecule has 92 valence electrons. The second-order valence-electron chi connectivity index (χ2n) is 4.09. The van der Waals surface area contributed by atoms with Crippen molar-refractivity contribution in [3.63, 3.8) is 0 Å². The maximum Gasteiger partial charge on any atom is 0.348 e. The Bertz CT molecular complexity index is 788. The van der Waals surface area contributed by atoms with Crippen molar-refractivity contribution < 1.29 is 5.11 Å². The average molecular weight is 244 g/mol. The van der Waals surface area contributed by atoms with Gasteiger partial charge in [0.15, 0.2) is 11.5 Å². The minimum absolute atomic E-state index is 0.245. The lowest BCUT2D eigenvalue weighted by Gasteiger charge is -2.01. The molecule has 0 atom stereocenters. The van der Waals surface area contributed by atoms with Crippen LogP contribution in [-0.2, 0) is 13.0 Å². The van der Waals surface area contributed by atoms with Gasteiger partial charge in [0, 0.05) is 5.39 Å². The number of nitrogens with zero attached hydrogens (tertiary/aromatic N) is 3. The predicted octanol–water partition coefficient (Wildman–Crippen LogP) is 0.625. The third-order valence-electron chi connectivity index (χ3n) is 2.96. The molecule has 0 aliphatic rings. The molecule has 0 aliphatic heterocycles. The highest BCUT2D eigenvalue weighted by Crippen LogP contribution is 2.17. The number of aryl methyl sites for hydroxylation is 1. The largest absolute Gasteiger partial charge is 0.388 e. The van der Waals surface area contributed by atoms with E-state index in [1.807, 2.05) is 18.2 Å². The Morgan fingerprint density at radius 3 is 3.00 bits per heavy atom. The molecule has 2 N–H and O–H groups in total. The lowest BCUT2D eigenvalue weighted by Crippen LogP contribution is -2.17. The molecule has 0 amide bonds. The van der Waals surface area contributed by atoms with Crippen LogP contribution in [0.4, 0.5) is 0 Å². The van der Waals surface area contributed by atoms with Crippen LogP contribution in [0.3, 0.4) is 0 Å². The number of rotatable bonds is 2. The molecule has 3 rings (SSSR count). The van der Waals surface area contributed by atoms with Crippen LogP contribution in [0.1, 0.15) is 18.3 Å². The number of nitrogens with one attached hydrogen (secondary N) is 1. The van der Waals surface area contributed by atoms with E-state index < -0.39 is 0 Å². The molecule has 0 aliphatic carbocycles. The Morgan fingerprint density at radius 1 is 1.44 bits per heavy atom. The van der Waals surface area contributed by atoms with E-state index in [2.05, 4.69) is 22.0 Å². The lowest BCUT2D eigenvalue weighted by atomic mass is 10.1. The fourth-order valence-corrected chi connectivity index (χ4v) is 2.01. The fraction of sp³-hybridized carbons (Fsp3) is 0.250. The Hall–Kier alpha value is -2.21. The molecule has 2 heterocycles. The van der Waals surface area contributed by atoms with Crippen molar-refractivity contribution in [2.75, 3.05) is 0 Å². The number of aliphatic hydroxyl groups is 1. The van der Waals surface area contributed by atoms with E-state index in [0.29, 0.717) is 5.65 Å². The number of aromatic nitrogens is 4. The second kappa shape index (κ2) is 3.92. The third-order valence-corrected chi connectivity index (χ3v) is 2.96. The van der Waals surface area contributed by atoms with E-state index in [1.54, 1.807) is 0 Å². The van der Waals surface area contributed by atoms with Gasteiger partial charge >= 0.3 is 5.69 Å². The average Bonchev–Trinajstić information content (AvgIpc) is 2.83. The van der Waals surface area contributed by atoms with Gasteiger partial charge in [-0.25, -0.2) is 9.78 Å². The molecule has 0 radical (unpaired) electrons. The molecule has 0 bridgehead atoms. The van der Waals surface area contributed by atoms with E-state index in [1.165, 1.54) is 4.52 Å². The van der Waals surface area contributed by atoms with Crippen molar-refractivity contribution in [1.82, 2.24) is 19.6 Å². The van der Waals surface area contributed by atoms with Gasteiger partial charge in [0.25, 0.3) is 0 Å². The zero-order chi connectivity index (χ0) is 12.7. The molecule has 18 heavy (non-hydrogen) atoms. The van der Waals surface area contributed by atoms with E-state index in [0.717, 1.165) is 22.9 Å². The summed E-state index contributed by atoms with van der Waals surface area (Å²) in [6.07, 6.45) is 0.905. The van der Waals surface area contributed by atoms with Crippen LogP contribution < -0.4 is 5.69 Å². The second-order valence-corrected chi connectivity index (χ2v) is 4.09. The van der Waals surface area contributed by atoms with E-state index in [9.17, 15) is 4.79 Å². The molecule has 3 aromatic rings. The Morgan fingerprint density at radius 2 is 2.28 bits per heavy atom. The third kappa shape index (κ3) is 1.50. The summed E-state index contributed by atoms with van der Waals surface area (Å²) in [5, 5.41) is 13.8. The summed E-state index contributed by atoms with van der Waals surface area (Å²) in [5.74, 6) is 0.245. The minimum atomic E-state index is -0.353. The first-order valence-electron chi connectivity index (χ1n) is 5.74. The van der Waals surface area contributed by atoms with Gasteiger partial charge in [-0.1, -0.05) is 13.0 Å². The van der Waals surface area contributed by atoms with Crippen LogP contribution in [0.25, 0.3) is 16.6 Å². The lowest BCUT2D eigenvalue weighted by molar-refractivity contribution is 0.271. The van der Waals surface area contributed by atoms with Crippen LogP contribution in [0, 0.1) is 0 Å². The summed E-state index contributed by atoms with van der Waals surface area (Å²) in [7, 11) is 0. The molecular formula is C12H12N4O2. The number of hydrogen-bond donors (Lipinski definition) is 2. The fourth-order valence-electron chi connectivity index (χ4n) is 2.01. The van der Waals surface area contributed by atoms with Gasteiger partial charge in [-0.2, -0.15) is 4.52 Å². The number of benzene rings is 1. The standard InChI is InChI=1S/C12H12N4O2/c1-2-7-3-4-9-8(5-7)11-14-10(6-17)15-16(11)12(18)13-9/h3-5,17H,2,6H2,1H3,(H,13,18). The summed E-state index contributed by atoms with van der Waals surface area (Å²) in [6.45, 7) is 1.78. The molecule has 1 aromatic carbocycles. The van der Waals surface area contributed by atoms with Crippen LogP contribution in [0.5, 0.6) is 0 Å². The highest BCUT2D eigenvalue weighted by molar-refractivity contribution is 5.91. The normalized spacial score (nSPS) is 11.4. The van der Waals surface area contributed by atoms with Crippen molar-refractivity contribution in [2.24, 2.45) is 0 Å². The van der Waals surface area contributed by atoms with Gasteiger partial charge in [-0.05, 0) is 24.1 Å². The van der Waals surface area contributed by atoms with Gasteiger partial charge in [0.1, 0.15) is 6.61 Å². The van der Waals surface area contributed by atoms with E-state index in [-0.39, 0.29) is 18.1 Å². The number of aromatic amines is 1. The Balaban J connectivity index is 2.48. The van der Waals surface area contributed by atoms with Crippen molar-refractivity contribution in [1.29, 1.82) is 0 Å². The van der Waals surface area contributed by atoms with Crippen molar-refractivity contribution >= 4 is 16.6 Å². The first-order chi connectivity index (χ1) is 8.72. The first kappa shape index (κ1) is 10.9. The van der Waals surface area contributed by atoms with Gasteiger partial charge in [-0.15, -0.1) is 5.10 Å². The zero-order valence-corrected chi connectivity index (χ0v) is 9.84. The number of fused-ring (bicyclic) bond motifs is 3. The van der Waals surface area contributed by atoms with Crippen LogP contribution in [0.15, 0.2) is 23.0 Å². The Kier molecular flexibility index (Phi) is 2.38. The molecule has 0 fully saturated rings. The zero-order valence-electron chi connectivity index (χ0n) is 9.84. The van der Waals surface area contributed by atoms with Crippen molar-refractivity contribution in [3.8, 4) is 0 Å². The van der Waals surface area contributed by atoms with Crippen molar-refractivity contribution in [3.05, 3.63) is 40.1 Å². The van der Waals surface area contributed by atoms with Gasteiger partial charge in [0.05, 0.1) is 5.52 Å². The topological polar surface area (TPSA) is 83.3 Å². The number of aliphatic hydroxyl groups excluding tert-OH is 1. The smallest absolute Gasteiger partial charge is 0.348 e. The molecule has 6 heteroatoms. The summed E-state index contributed by atoms with van der Waals surface area (Å²) in [4.78, 5) is 18.7. The molecule has 0 unspecified atom stereocenters. The molecule has 2 aromatic heterocycles. The Labute approximate surface area is 102 Å². The van der Waals surface area contributed by atoms with Gasteiger partial charge in [-0.3, -0.25) is 0 Å². The van der Waals surface area contributed by atoms with Crippen molar-refractivity contribution in [2.45, 2.75) is 20.0 Å².